The lowest BCUT2D eigenvalue weighted by molar-refractivity contribution is 0.0702. The first-order valence-electron chi connectivity index (χ1n) is 10.9. The SMILES string of the molecule is O=C(c1cccs1)N(CCCN1CCCC(O)C1)c1nc(-c2cc3ccccc3o2)cs1. The highest BCUT2D eigenvalue weighted by atomic mass is 32.1. The predicted molar refractivity (Wildman–Crippen MR) is 130 cm³/mol. The number of aromatic nitrogens is 1. The maximum atomic E-state index is 13.3. The zero-order valence-corrected chi connectivity index (χ0v) is 19.3. The van der Waals surface area contributed by atoms with Crippen molar-refractivity contribution in [3.63, 3.8) is 0 Å². The van der Waals surface area contributed by atoms with E-state index in [0.29, 0.717) is 28.9 Å². The van der Waals surface area contributed by atoms with Gasteiger partial charge in [0.05, 0.1) is 11.0 Å². The number of anilines is 1. The standard InChI is InChI=1S/C24H25N3O3S2/c28-18-7-3-10-26(15-18)11-5-12-27(23(29)22-9-4-13-31-22)24-25-19(16-32-24)21-14-17-6-1-2-8-20(17)30-21/h1-2,4,6,8-9,13-14,16,18,28H,3,5,7,10-12,15H2. The van der Waals surface area contributed by atoms with Crippen LogP contribution < -0.4 is 4.90 Å². The fourth-order valence-electron chi connectivity index (χ4n) is 4.11. The van der Waals surface area contributed by atoms with Crippen LogP contribution in [-0.2, 0) is 0 Å². The fraction of sp³-hybridized carbons (Fsp3) is 0.333. The van der Waals surface area contributed by atoms with Crippen molar-refractivity contribution in [1.29, 1.82) is 0 Å². The molecule has 5 rings (SSSR count). The topological polar surface area (TPSA) is 69.8 Å². The number of nitrogens with zero attached hydrogens (tertiary/aromatic N) is 3. The molecule has 1 unspecified atom stereocenters. The molecule has 1 N–H and O–H groups in total. The highest BCUT2D eigenvalue weighted by Gasteiger charge is 2.23. The molecule has 1 aromatic carbocycles. The Morgan fingerprint density at radius 2 is 2.16 bits per heavy atom. The van der Waals surface area contributed by atoms with Crippen LogP contribution in [-0.4, -0.2) is 53.2 Å². The van der Waals surface area contributed by atoms with Crippen molar-refractivity contribution >= 4 is 44.7 Å². The molecule has 1 aliphatic rings. The number of likely N-dealkylation sites (tertiary alicyclic amines) is 1. The van der Waals surface area contributed by atoms with Gasteiger partial charge in [-0.1, -0.05) is 24.3 Å². The van der Waals surface area contributed by atoms with Crippen molar-refractivity contribution in [2.45, 2.75) is 25.4 Å². The smallest absolute Gasteiger partial charge is 0.270 e. The number of hydrogen-bond donors (Lipinski definition) is 1. The third-order valence-corrected chi connectivity index (χ3v) is 7.44. The summed E-state index contributed by atoms with van der Waals surface area (Å²) in [6, 6.07) is 13.6. The van der Waals surface area contributed by atoms with Gasteiger partial charge in [0.1, 0.15) is 11.3 Å². The zero-order valence-electron chi connectivity index (χ0n) is 17.6. The summed E-state index contributed by atoms with van der Waals surface area (Å²) < 4.78 is 5.96. The first-order valence-corrected chi connectivity index (χ1v) is 12.6. The van der Waals surface area contributed by atoms with Crippen LogP contribution in [0.1, 0.15) is 28.9 Å². The minimum Gasteiger partial charge on any atom is -0.454 e. The van der Waals surface area contributed by atoms with Crippen LogP contribution in [0, 0.1) is 0 Å². The number of carbonyl (C=O) groups excluding carboxylic acids is 1. The number of furan rings is 1. The quantitative estimate of drug-likeness (QED) is 0.409. The Labute approximate surface area is 194 Å². The molecule has 1 fully saturated rings. The molecule has 3 aromatic heterocycles. The van der Waals surface area contributed by atoms with E-state index < -0.39 is 0 Å². The van der Waals surface area contributed by atoms with Gasteiger partial charge < -0.3 is 14.4 Å². The molecule has 6 nitrogen and oxygen atoms in total. The molecule has 0 saturated carbocycles. The van der Waals surface area contributed by atoms with Crippen molar-refractivity contribution in [2.24, 2.45) is 0 Å². The van der Waals surface area contributed by atoms with Crippen molar-refractivity contribution in [3.8, 4) is 11.5 Å². The number of benzene rings is 1. The summed E-state index contributed by atoms with van der Waals surface area (Å²) in [5.74, 6) is 0.684. The number of aliphatic hydroxyl groups excluding tert-OH is 1. The van der Waals surface area contributed by atoms with E-state index in [-0.39, 0.29) is 12.0 Å². The minimum atomic E-state index is -0.238. The van der Waals surface area contributed by atoms with Crippen molar-refractivity contribution < 1.29 is 14.3 Å². The fourth-order valence-corrected chi connectivity index (χ4v) is 5.62. The van der Waals surface area contributed by atoms with Gasteiger partial charge in [-0.3, -0.25) is 9.69 Å². The molecular formula is C24H25N3O3S2. The van der Waals surface area contributed by atoms with E-state index in [9.17, 15) is 9.90 Å². The molecule has 0 aliphatic carbocycles. The molecule has 1 saturated heterocycles. The Bertz CT molecular complexity index is 1150. The molecule has 166 valence electrons. The lowest BCUT2D eigenvalue weighted by Crippen LogP contribution is -2.40. The van der Waals surface area contributed by atoms with Crippen molar-refractivity contribution in [2.75, 3.05) is 31.1 Å². The maximum Gasteiger partial charge on any atom is 0.270 e. The molecule has 4 aromatic rings. The summed E-state index contributed by atoms with van der Waals surface area (Å²) >= 11 is 2.91. The minimum absolute atomic E-state index is 0.0239. The lowest BCUT2D eigenvalue weighted by Gasteiger charge is -2.30. The zero-order chi connectivity index (χ0) is 21.9. The number of thiophene rings is 1. The van der Waals surface area contributed by atoms with E-state index in [1.165, 1.54) is 22.7 Å². The Morgan fingerprint density at radius 1 is 1.25 bits per heavy atom. The number of amides is 1. The molecule has 0 radical (unpaired) electrons. The van der Waals surface area contributed by atoms with E-state index in [4.69, 9.17) is 9.40 Å². The van der Waals surface area contributed by atoms with Crippen LogP contribution in [0.4, 0.5) is 5.13 Å². The van der Waals surface area contributed by atoms with E-state index in [2.05, 4.69) is 4.90 Å². The largest absolute Gasteiger partial charge is 0.454 e. The first-order chi connectivity index (χ1) is 15.7. The first kappa shape index (κ1) is 21.3. The third kappa shape index (κ3) is 4.63. The molecule has 0 spiro atoms. The Kier molecular flexibility index (Phi) is 6.36. The van der Waals surface area contributed by atoms with Crippen LogP contribution in [0.25, 0.3) is 22.4 Å². The van der Waals surface area contributed by atoms with Gasteiger partial charge in [0, 0.05) is 23.9 Å². The molecule has 0 bridgehead atoms. The van der Waals surface area contributed by atoms with Crippen LogP contribution in [0.2, 0.25) is 0 Å². The maximum absolute atomic E-state index is 13.3. The second kappa shape index (κ2) is 9.54. The number of hydrogen-bond acceptors (Lipinski definition) is 7. The van der Waals surface area contributed by atoms with Crippen LogP contribution >= 0.6 is 22.7 Å². The predicted octanol–water partition coefficient (Wildman–Crippen LogP) is 5.11. The number of fused-ring (bicyclic) bond motifs is 1. The number of β-amino-alcohol motifs (C(OH)–C–C–N with tert-alkyl or cyclic N) is 1. The number of piperidine rings is 1. The summed E-state index contributed by atoms with van der Waals surface area (Å²) in [5, 5.41) is 15.5. The van der Waals surface area contributed by atoms with Gasteiger partial charge in [-0.2, -0.15) is 0 Å². The summed E-state index contributed by atoms with van der Waals surface area (Å²) in [4.78, 5) is 22.8. The molecule has 1 atom stereocenters. The van der Waals surface area contributed by atoms with Crippen molar-refractivity contribution in [1.82, 2.24) is 9.88 Å². The summed E-state index contributed by atoms with van der Waals surface area (Å²) in [6.07, 6.45) is 2.48. The van der Waals surface area contributed by atoms with E-state index in [1.54, 1.807) is 4.90 Å². The van der Waals surface area contributed by atoms with Crippen molar-refractivity contribution in [3.05, 3.63) is 58.1 Å². The third-order valence-electron chi connectivity index (χ3n) is 5.71. The summed E-state index contributed by atoms with van der Waals surface area (Å²) in [6.45, 7) is 3.15. The van der Waals surface area contributed by atoms with Crippen LogP contribution in [0.3, 0.4) is 0 Å². The second-order valence-electron chi connectivity index (χ2n) is 8.05. The van der Waals surface area contributed by atoms with Gasteiger partial charge >= 0.3 is 0 Å². The van der Waals surface area contributed by atoms with E-state index >= 15 is 0 Å². The number of carbonyl (C=O) groups is 1. The van der Waals surface area contributed by atoms with Crippen LogP contribution in [0.15, 0.2) is 57.6 Å². The molecule has 4 heterocycles. The molecular weight excluding hydrogens is 442 g/mol. The van der Waals surface area contributed by atoms with Gasteiger partial charge in [-0.15, -0.1) is 22.7 Å². The van der Waals surface area contributed by atoms with E-state index in [1.807, 2.05) is 53.2 Å². The molecule has 8 heteroatoms. The van der Waals surface area contributed by atoms with Gasteiger partial charge in [0.15, 0.2) is 10.9 Å². The van der Waals surface area contributed by atoms with Gasteiger partial charge in [0.25, 0.3) is 5.91 Å². The Hall–Kier alpha value is -2.52. The van der Waals surface area contributed by atoms with Gasteiger partial charge in [-0.25, -0.2) is 4.98 Å². The number of thiazole rings is 1. The van der Waals surface area contributed by atoms with E-state index in [0.717, 1.165) is 49.0 Å². The molecule has 1 aliphatic heterocycles. The molecule has 32 heavy (non-hydrogen) atoms. The highest BCUT2D eigenvalue weighted by molar-refractivity contribution is 7.14. The number of aliphatic hydroxyl groups is 1. The monoisotopic (exact) mass is 467 g/mol. The van der Waals surface area contributed by atoms with Gasteiger partial charge in [0.2, 0.25) is 0 Å². The van der Waals surface area contributed by atoms with Crippen LogP contribution in [0.5, 0.6) is 0 Å². The Morgan fingerprint density at radius 3 is 2.97 bits per heavy atom. The normalized spacial score (nSPS) is 17.1. The van der Waals surface area contributed by atoms with Gasteiger partial charge in [-0.05, 0) is 55.9 Å². The molecule has 1 amide bonds. The summed E-state index contributed by atoms with van der Waals surface area (Å²) in [5.41, 5.74) is 1.57. The summed E-state index contributed by atoms with van der Waals surface area (Å²) in [7, 11) is 0. The second-order valence-corrected chi connectivity index (χ2v) is 9.83. The number of rotatable bonds is 7. The highest BCUT2D eigenvalue weighted by Crippen LogP contribution is 2.32. The average Bonchev–Trinajstić information content (AvgIpc) is 3.56. The number of para-hydroxylation sites is 1. The lowest BCUT2D eigenvalue weighted by atomic mass is 10.1. The average molecular weight is 468 g/mol. The Balaban J connectivity index is 1.34.